The Labute approximate surface area is 130 Å². The Morgan fingerprint density at radius 1 is 0.682 bits per heavy atom. The molecule has 0 amide bonds. The van der Waals surface area contributed by atoms with Crippen LogP contribution in [-0.2, 0) is 0 Å². The topological polar surface area (TPSA) is 40.5 Å². The fourth-order valence-electron chi connectivity index (χ4n) is 4.38. The van der Waals surface area contributed by atoms with Gasteiger partial charge in [0.25, 0.3) is 0 Å². The van der Waals surface area contributed by atoms with Crippen LogP contribution < -0.4 is 0 Å². The first-order chi connectivity index (χ1) is 10.6. The quantitative estimate of drug-likeness (QED) is 0.834. The van der Waals surface area contributed by atoms with Crippen LogP contribution in [0, 0.1) is 0 Å². The van der Waals surface area contributed by atoms with E-state index in [9.17, 15) is 10.2 Å². The van der Waals surface area contributed by atoms with Crippen LogP contribution >= 0.6 is 0 Å². The largest absolute Gasteiger partial charge is 0.381 e. The van der Waals surface area contributed by atoms with Gasteiger partial charge in [-0.15, -0.1) is 13.2 Å². The van der Waals surface area contributed by atoms with Crippen molar-refractivity contribution in [2.45, 2.75) is 23.0 Å². The summed E-state index contributed by atoms with van der Waals surface area (Å²) in [6, 6.07) is 16.0. The van der Waals surface area contributed by atoms with Gasteiger partial charge in [-0.05, 0) is 22.3 Å². The highest BCUT2D eigenvalue weighted by molar-refractivity contribution is 5.63. The van der Waals surface area contributed by atoms with Crippen LogP contribution in [-0.4, -0.2) is 21.4 Å². The molecule has 0 saturated heterocycles. The predicted octanol–water partition coefficient (Wildman–Crippen LogP) is 3.11. The first kappa shape index (κ1) is 13.5. The summed E-state index contributed by atoms with van der Waals surface area (Å²) in [6.07, 6.45) is 2.94. The average Bonchev–Trinajstić information content (AvgIpc) is 2.57. The minimum Gasteiger partial charge on any atom is -0.381 e. The van der Waals surface area contributed by atoms with E-state index in [0.717, 1.165) is 22.3 Å². The third kappa shape index (κ3) is 1.28. The summed E-state index contributed by atoms with van der Waals surface area (Å²) >= 11 is 0. The molecule has 3 aliphatic carbocycles. The maximum atomic E-state index is 11.3. The van der Waals surface area contributed by atoms with Crippen LogP contribution in [0.1, 0.15) is 34.1 Å². The molecule has 2 bridgehead atoms. The molecule has 2 atom stereocenters. The summed E-state index contributed by atoms with van der Waals surface area (Å²) in [6.45, 7) is 7.61. The van der Waals surface area contributed by atoms with Crippen LogP contribution in [0.3, 0.4) is 0 Å². The Hall–Kier alpha value is -2.16. The van der Waals surface area contributed by atoms with Gasteiger partial charge in [0.05, 0.1) is 0 Å². The lowest BCUT2D eigenvalue weighted by atomic mass is 9.50. The standard InChI is InChI=1S/C20H18O2/c1-3-19(21)17-13-9-5-7-11-15(13)18(20(19,22)4-2)16-12-8-6-10-14(16)17/h3-12,17-18,21-22H,1-2H2/t17?,18?,19-,20-/m1/s1. The van der Waals surface area contributed by atoms with Gasteiger partial charge in [0, 0.05) is 11.8 Å². The van der Waals surface area contributed by atoms with Crippen molar-refractivity contribution in [1.29, 1.82) is 0 Å². The van der Waals surface area contributed by atoms with Crippen molar-refractivity contribution in [3.8, 4) is 0 Å². The first-order valence-corrected chi connectivity index (χ1v) is 7.48. The van der Waals surface area contributed by atoms with E-state index in [1.807, 2.05) is 48.5 Å². The van der Waals surface area contributed by atoms with E-state index < -0.39 is 11.2 Å². The number of rotatable bonds is 2. The fourth-order valence-corrected chi connectivity index (χ4v) is 4.38. The minimum absolute atomic E-state index is 0.342. The Morgan fingerprint density at radius 3 is 1.18 bits per heavy atom. The second-order valence-corrected chi connectivity index (χ2v) is 6.18. The number of hydrogen-bond acceptors (Lipinski definition) is 2. The molecule has 22 heavy (non-hydrogen) atoms. The Balaban J connectivity index is 2.16. The fraction of sp³-hybridized carbons (Fsp3) is 0.200. The maximum Gasteiger partial charge on any atom is 0.126 e. The highest BCUT2D eigenvalue weighted by Crippen LogP contribution is 2.62. The second kappa shape index (κ2) is 4.19. The van der Waals surface area contributed by atoms with Gasteiger partial charge in [-0.2, -0.15) is 0 Å². The summed E-state index contributed by atoms with van der Waals surface area (Å²) < 4.78 is 0. The van der Waals surface area contributed by atoms with E-state index in [1.165, 1.54) is 12.2 Å². The molecule has 2 aromatic rings. The number of fused-ring (bicyclic) bond motifs is 1. The molecule has 0 fully saturated rings. The Kier molecular flexibility index (Phi) is 2.57. The van der Waals surface area contributed by atoms with Gasteiger partial charge >= 0.3 is 0 Å². The summed E-state index contributed by atoms with van der Waals surface area (Å²) in [5, 5.41) is 22.7. The molecule has 0 aliphatic heterocycles. The maximum absolute atomic E-state index is 11.3. The van der Waals surface area contributed by atoms with Gasteiger partial charge in [-0.25, -0.2) is 0 Å². The minimum atomic E-state index is -1.47. The Morgan fingerprint density at radius 2 is 0.955 bits per heavy atom. The number of benzene rings is 2. The molecular formula is C20H18O2. The zero-order valence-electron chi connectivity index (χ0n) is 12.2. The van der Waals surface area contributed by atoms with Crippen molar-refractivity contribution in [2.75, 3.05) is 0 Å². The van der Waals surface area contributed by atoms with Crippen molar-refractivity contribution in [2.24, 2.45) is 0 Å². The molecule has 0 aromatic heterocycles. The molecule has 0 radical (unpaired) electrons. The molecule has 2 heteroatoms. The molecule has 2 aromatic carbocycles. The van der Waals surface area contributed by atoms with Gasteiger partial charge in [0.15, 0.2) is 0 Å². The van der Waals surface area contributed by atoms with Crippen LogP contribution in [0.4, 0.5) is 0 Å². The number of aliphatic hydroxyl groups is 2. The molecule has 2 nitrogen and oxygen atoms in total. The highest BCUT2D eigenvalue weighted by Gasteiger charge is 2.64. The van der Waals surface area contributed by atoms with Crippen molar-refractivity contribution >= 4 is 0 Å². The monoisotopic (exact) mass is 290 g/mol. The molecule has 3 aliphatic rings. The summed E-state index contributed by atoms with van der Waals surface area (Å²) in [7, 11) is 0. The van der Waals surface area contributed by atoms with Crippen molar-refractivity contribution in [1.82, 2.24) is 0 Å². The lowest BCUT2D eigenvalue weighted by Gasteiger charge is -2.58. The SMILES string of the molecule is C=C[C@@]1(O)C2c3ccccc3C(c3ccccc32)[C@]1(O)C=C. The van der Waals surface area contributed by atoms with Crippen molar-refractivity contribution in [3.05, 3.63) is 96.1 Å². The third-order valence-electron chi connectivity index (χ3n) is 5.38. The van der Waals surface area contributed by atoms with Crippen LogP contribution in [0.25, 0.3) is 0 Å². The van der Waals surface area contributed by atoms with E-state index in [-0.39, 0.29) is 11.8 Å². The number of hydrogen-bond donors (Lipinski definition) is 2. The van der Waals surface area contributed by atoms with Gasteiger partial charge in [0.2, 0.25) is 0 Å². The van der Waals surface area contributed by atoms with E-state index in [1.54, 1.807) is 0 Å². The van der Waals surface area contributed by atoms with Gasteiger partial charge in [-0.3, -0.25) is 0 Å². The van der Waals surface area contributed by atoms with E-state index in [2.05, 4.69) is 13.2 Å². The van der Waals surface area contributed by atoms with Crippen LogP contribution in [0.15, 0.2) is 73.8 Å². The lowest BCUT2D eigenvalue weighted by Crippen LogP contribution is -2.64. The molecular weight excluding hydrogens is 272 g/mol. The van der Waals surface area contributed by atoms with Crippen LogP contribution in [0.2, 0.25) is 0 Å². The summed E-state index contributed by atoms with van der Waals surface area (Å²) in [5.74, 6) is -0.684. The van der Waals surface area contributed by atoms with Gasteiger partial charge in [0.1, 0.15) is 11.2 Å². The first-order valence-electron chi connectivity index (χ1n) is 7.48. The van der Waals surface area contributed by atoms with E-state index in [0.29, 0.717) is 0 Å². The van der Waals surface area contributed by atoms with E-state index >= 15 is 0 Å². The third-order valence-corrected chi connectivity index (χ3v) is 5.38. The Bertz CT molecular complexity index is 680. The zero-order valence-corrected chi connectivity index (χ0v) is 12.2. The molecule has 2 N–H and O–H groups in total. The van der Waals surface area contributed by atoms with E-state index in [4.69, 9.17) is 0 Å². The molecule has 110 valence electrons. The smallest absolute Gasteiger partial charge is 0.126 e. The average molecular weight is 290 g/mol. The van der Waals surface area contributed by atoms with Gasteiger partial charge in [-0.1, -0.05) is 60.7 Å². The van der Waals surface area contributed by atoms with Crippen molar-refractivity contribution < 1.29 is 10.2 Å². The lowest BCUT2D eigenvalue weighted by molar-refractivity contribution is -0.123. The predicted molar refractivity (Wildman–Crippen MR) is 86.9 cm³/mol. The second-order valence-electron chi connectivity index (χ2n) is 6.18. The van der Waals surface area contributed by atoms with Crippen molar-refractivity contribution in [3.63, 3.8) is 0 Å². The summed E-state index contributed by atoms with van der Waals surface area (Å²) in [5.41, 5.74) is 1.28. The summed E-state index contributed by atoms with van der Waals surface area (Å²) in [4.78, 5) is 0. The molecule has 0 saturated carbocycles. The van der Waals surface area contributed by atoms with Crippen LogP contribution in [0.5, 0.6) is 0 Å². The molecule has 0 spiro atoms. The van der Waals surface area contributed by atoms with Gasteiger partial charge < -0.3 is 10.2 Å². The molecule has 5 rings (SSSR count). The molecule has 0 heterocycles. The normalized spacial score (nSPS) is 34.6. The highest BCUT2D eigenvalue weighted by atomic mass is 16.4. The molecule has 0 unspecified atom stereocenters. The zero-order chi connectivity index (χ0) is 15.5.